The number of rotatable bonds is 2. The molecular weight excluding hydrogens is 829 g/mol. The molecule has 2 N–H and O–H groups in total. The molecule has 0 amide bonds. The molecule has 0 aliphatic carbocycles. The van der Waals surface area contributed by atoms with Gasteiger partial charge in [-0.3, -0.25) is 0 Å². The van der Waals surface area contributed by atoms with Gasteiger partial charge in [-0.1, -0.05) is 91.8 Å². The summed E-state index contributed by atoms with van der Waals surface area (Å²) in [4.78, 5) is 8.63. The number of hydrogen-bond donors (Lipinski definition) is 2. The highest BCUT2D eigenvalue weighted by atomic mass is 35.5. The fourth-order valence-corrected chi connectivity index (χ4v) is 9.87. The van der Waals surface area contributed by atoms with E-state index in [4.69, 9.17) is 20.9 Å². The SMILES string of the molecule is C.CC1(C)OB(c2cccc3sc4cccc(F)c4c23)OC1(C)C.Oc1cc2ccccc2nc1-c1cccc2sc3cccc(F)c3c12.Oc1cc2ccccc2nc1Cl. The summed E-state index contributed by atoms with van der Waals surface area (Å²) in [6.45, 7) is 8.11. The first-order chi connectivity index (χ1) is 28.8. The lowest BCUT2D eigenvalue weighted by atomic mass is 9.76. The predicted octanol–water partition coefficient (Wildman–Crippen LogP) is 13.8. The Morgan fingerprint density at radius 3 is 1.61 bits per heavy atom. The summed E-state index contributed by atoms with van der Waals surface area (Å²) in [5, 5.41) is 24.6. The average molecular weight is 869 g/mol. The van der Waals surface area contributed by atoms with Gasteiger partial charge in [-0.05, 0) is 93.8 Å². The Bertz CT molecular complexity index is 3220. The van der Waals surface area contributed by atoms with E-state index in [1.165, 1.54) is 12.1 Å². The van der Waals surface area contributed by atoms with Crippen molar-refractivity contribution in [1.29, 1.82) is 0 Å². The van der Waals surface area contributed by atoms with Gasteiger partial charge in [0.25, 0.3) is 0 Å². The first-order valence-electron chi connectivity index (χ1n) is 19.2. The van der Waals surface area contributed by atoms with Crippen LogP contribution in [0.2, 0.25) is 5.15 Å². The van der Waals surface area contributed by atoms with Gasteiger partial charge in [-0.15, -0.1) is 22.7 Å². The molecule has 306 valence electrons. The molecular formula is C49H40BClF2N2O4S2. The van der Waals surface area contributed by atoms with Crippen molar-refractivity contribution in [2.45, 2.75) is 46.3 Å². The number of aromatic hydroxyl groups is 2. The molecule has 0 bridgehead atoms. The van der Waals surface area contributed by atoms with E-state index < -0.39 is 18.3 Å². The lowest BCUT2D eigenvalue weighted by Crippen LogP contribution is -2.41. The third-order valence-electron chi connectivity index (χ3n) is 11.1. The van der Waals surface area contributed by atoms with Crippen molar-refractivity contribution < 1.29 is 28.3 Å². The van der Waals surface area contributed by atoms with Crippen LogP contribution < -0.4 is 5.46 Å². The van der Waals surface area contributed by atoms with Crippen LogP contribution in [0.4, 0.5) is 8.78 Å². The summed E-state index contributed by atoms with van der Waals surface area (Å²) < 4.78 is 45.2. The molecule has 0 saturated carbocycles. The number of pyridine rings is 2. The molecule has 0 spiro atoms. The normalized spacial score (nSPS) is 14.2. The minimum atomic E-state index is -0.485. The maximum absolute atomic E-state index is 14.5. The van der Waals surface area contributed by atoms with Gasteiger partial charge in [0.2, 0.25) is 0 Å². The van der Waals surface area contributed by atoms with Crippen molar-refractivity contribution in [1.82, 2.24) is 9.97 Å². The molecule has 61 heavy (non-hydrogen) atoms. The monoisotopic (exact) mass is 868 g/mol. The Labute approximate surface area is 364 Å². The lowest BCUT2D eigenvalue weighted by molar-refractivity contribution is 0.00578. The molecule has 1 aliphatic heterocycles. The second-order valence-corrected chi connectivity index (χ2v) is 18.0. The summed E-state index contributed by atoms with van der Waals surface area (Å²) in [7, 11) is -0.485. The van der Waals surface area contributed by atoms with Gasteiger partial charge in [-0.25, -0.2) is 18.7 Å². The number of hydrogen-bond acceptors (Lipinski definition) is 8. The standard InChI is InChI=1S/C21H12FNOS.C18H18BFO2S.C9H6ClNO.CH4/c22-14-7-4-10-18-20(14)19-13(6-3-9-17(19)25-18)21-16(24)11-12-5-1-2-8-15(12)23-21;1-17(2)18(3,4)22-19(21-17)11-7-5-9-13-15(11)16-12(20)8-6-10-14(16)23-13;10-9-8(12)5-6-3-1-2-4-7(6)11-9;/h1-11,24H;5-10H,1-4H3;1-5,12H;1H4. The van der Waals surface area contributed by atoms with Crippen molar-refractivity contribution in [3.8, 4) is 22.8 Å². The van der Waals surface area contributed by atoms with E-state index in [0.29, 0.717) is 16.5 Å². The third kappa shape index (κ3) is 7.66. The molecule has 12 heteroatoms. The number of thiophene rings is 2. The minimum absolute atomic E-state index is 0. The molecule has 1 aliphatic rings. The predicted molar refractivity (Wildman–Crippen MR) is 252 cm³/mol. The van der Waals surface area contributed by atoms with Gasteiger partial charge in [0.1, 0.15) is 23.1 Å². The summed E-state index contributed by atoms with van der Waals surface area (Å²) in [6.07, 6.45) is 0. The van der Waals surface area contributed by atoms with E-state index in [-0.39, 0.29) is 35.7 Å². The molecule has 1 saturated heterocycles. The number of nitrogens with zero attached hydrogens (tertiary/aromatic N) is 2. The molecule has 6 nitrogen and oxygen atoms in total. The lowest BCUT2D eigenvalue weighted by Gasteiger charge is -2.32. The molecule has 11 rings (SSSR count). The van der Waals surface area contributed by atoms with E-state index in [0.717, 1.165) is 62.4 Å². The van der Waals surface area contributed by atoms with E-state index in [1.54, 1.807) is 46.9 Å². The Balaban J connectivity index is 0.000000133. The fourth-order valence-electron chi connectivity index (χ4n) is 7.42. The van der Waals surface area contributed by atoms with Crippen LogP contribution in [0.3, 0.4) is 0 Å². The van der Waals surface area contributed by atoms with Crippen molar-refractivity contribution in [2.75, 3.05) is 0 Å². The van der Waals surface area contributed by atoms with Crippen LogP contribution >= 0.6 is 34.3 Å². The van der Waals surface area contributed by atoms with Crippen LogP contribution in [0.25, 0.3) is 73.4 Å². The fraction of sp³-hybridized carbons (Fsp3) is 0.143. The minimum Gasteiger partial charge on any atom is -0.506 e. The van der Waals surface area contributed by atoms with Crippen LogP contribution in [0, 0.1) is 11.6 Å². The second-order valence-electron chi connectivity index (χ2n) is 15.5. The Hall–Kier alpha value is -5.69. The van der Waals surface area contributed by atoms with Crippen molar-refractivity contribution in [2.24, 2.45) is 0 Å². The van der Waals surface area contributed by atoms with Gasteiger partial charge in [-0.2, -0.15) is 0 Å². The maximum atomic E-state index is 14.5. The topological polar surface area (TPSA) is 84.7 Å². The molecule has 6 aromatic carbocycles. The highest BCUT2D eigenvalue weighted by Crippen LogP contribution is 2.43. The summed E-state index contributed by atoms with van der Waals surface area (Å²) in [5.41, 5.74) is 2.89. The number of benzene rings is 6. The van der Waals surface area contributed by atoms with E-state index in [1.807, 2.05) is 125 Å². The highest BCUT2D eigenvalue weighted by molar-refractivity contribution is 7.26. The van der Waals surface area contributed by atoms with Gasteiger partial charge in [0.05, 0.1) is 22.2 Å². The van der Waals surface area contributed by atoms with Crippen molar-refractivity contribution in [3.63, 3.8) is 0 Å². The van der Waals surface area contributed by atoms with E-state index in [2.05, 4.69) is 9.97 Å². The largest absolute Gasteiger partial charge is 0.506 e. The smallest absolute Gasteiger partial charge is 0.495 e. The number of aromatic nitrogens is 2. The number of halogens is 3. The van der Waals surface area contributed by atoms with Crippen LogP contribution in [0.5, 0.6) is 11.5 Å². The zero-order valence-electron chi connectivity index (χ0n) is 32.8. The van der Waals surface area contributed by atoms with Gasteiger partial charge < -0.3 is 19.5 Å². The summed E-state index contributed by atoms with van der Waals surface area (Å²) in [6, 6.07) is 40.5. The molecule has 1 fully saturated rings. The first kappa shape index (κ1) is 42.0. The quantitative estimate of drug-likeness (QED) is 0.133. The maximum Gasteiger partial charge on any atom is 0.495 e. The Kier molecular flexibility index (Phi) is 11.2. The molecule has 0 atom stereocenters. The van der Waals surface area contributed by atoms with Gasteiger partial charge in [0, 0.05) is 56.7 Å². The number of para-hydroxylation sites is 2. The summed E-state index contributed by atoms with van der Waals surface area (Å²) >= 11 is 8.77. The molecule has 0 radical (unpaired) electrons. The van der Waals surface area contributed by atoms with Crippen molar-refractivity contribution in [3.05, 3.63) is 150 Å². The molecule has 4 aromatic heterocycles. The number of fused-ring (bicyclic) bond motifs is 8. The van der Waals surface area contributed by atoms with E-state index in [9.17, 15) is 19.0 Å². The average Bonchev–Trinajstić information content (AvgIpc) is 3.87. The van der Waals surface area contributed by atoms with E-state index >= 15 is 0 Å². The molecule has 5 heterocycles. The second kappa shape index (κ2) is 16.3. The Morgan fingerprint density at radius 1 is 0.557 bits per heavy atom. The first-order valence-corrected chi connectivity index (χ1v) is 21.2. The van der Waals surface area contributed by atoms with Crippen LogP contribution in [-0.4, -0.2) is 38.5 Å². The zero-order valence-corrected chi connectivity index (χ0v) is 35.2. The zero-order chi connectivity index (χ0) is 41.9. The summed E-state index contributed by atoms with van der Waals surface area (Å²) in [5.74, 6) is -0.327. The van der Waals surface area contributed by atoms with Gasteiger partial charge in [0.15, 0.2) is 10.9 Å². The molecule has 10 aromatic rings. The molecule has 0 unspecified atom stereocenters. The Morgan fingerprint density at radius 2 is 1.02 bits per heavy atom. The van der Waals surface area contributed by atoms with Crippen LogP contribution in [-0.2, 0) is 9.31 Å². The van der Waals surface area contributed by atoms with Crippen LogP contribution in [0.1, 0.15) is 35.1 Å². The van der Waals surface area contributed by atoms with Gasteiger partial charge >= 0.3 is 7.12 Å². The van der Waals surface area contributed by atoms with Crippen molar-refractivity contribution >= 4 is 109 Å². The third-order valence-corrected chi connectivity index (χ3v) is 13.6. The highest BCUT2D eigenvalue weighted by Gasteiger charge is 2.52. The van der Waals surface area contributed by atoms with Crippen LogP contribution in [0.15, 0.2) is 133 Å².